The number of carbonyl (C=O) groups excluding carboxylic acids is 4. The minimum absolute atomic E-state index is 0.0218. The molecule has 3 atom stereocenters. The van der Waals surface area contributed by atoms with E-state index in [1.165, 1.54) is 34.1 Å². The number of nitrogens with zero attached hydrogens (tertiary/aromatic N) is 2. The lowest BCUT2D eigenvalue weighted by Crippen LogP contribution is -2.46. The summed E-state index contributed by atoms with van der Waals surface area (Å²) in [7, 11) is 0. The molecule has 0 N–H and O–H groups in total. The zero-order chi connectivity index (χ0) is 19.1. The molecule has 2 aliphatic heterocycles. The number of imide groups is 2. The van der Waals surface area contributed by atoms with Gasteiger partial charge in [-0.05, 0) is 62.7 Å². The molecule has 4 rings (SSSR count). The van der Waals surface area contributed by atoms with Crippen molar-refractivity contribution in [3.8, 4) is 0 Å². The van der Waals surface area contributed by atoms with Gasteiger partial charge in [-0.1, -0.05) is 6.92 Å². The Balaban J connectivity index is 1.32. The third-order valence-electron chi connectivity index (χ3n) is 6.97. The molecule has 6 heteroatoms. The zero-order valence-electron chi connectivity index (χ0n) is 15.7. The predicted molar refractivity (Wildman–Crippen MR) is 98.0 cm³/mol. The zero-order valence-corrected chi connectivity index (χ0v) is 15.7. The highest BCUT2D eigenvalue weighted by molar-refractivity contribution is 6.13. The van der Waals surface area contributed by atoms with Crippen molar-refractivity contribution in [3.05, 3.63) is 24.3 Å². The second kappa shape index (κ2) is 7.06. The molecule has 4 aliphatic rings. The molecule has 144 valence electrons. The van der Waals surface area contributed by atoms with Crippen molar-refractivity contribution < 1.29 is 19.2 Å². The van der Waals surface area contributed by atoms with Gasteiger partial charge in [0.05, 0.1) is 0 Å². The Kier molecular flexibility index (Phi) is 4.74. The highest BCUT2D eigenvalue weighted by atomic mass is 16.2. The van der Waals surface area contributed by atoms with E-state index in [9.17, 15) is 19.2 Å². The molecule has 3 unspecified atom stereocenters. The Hall–Kier alpha value is -2.24. The summed E-state index contributed by atoms with van der Waals surface area (Å²) in [6.07, 6.45) is 12.1. The molecule has 0 radical (unpaired) electrons. The first-order valence-electron chi connectivity index (χ1n) is 10.1. The molecule has 6 nitrogen and oxygen atoms in total. The molecule has 0 aromatic rings. The van der Waals surface area contributed by atoms with E-state index in [1.54, 1.807) is 0 Å². The highest BCUT2D eigenvalue weighted by Crippen LogP contribution is 2.43. The summed E-state index contributed by atoms with van der Waals surface area (Å²) in [6.45, 7) is 2.23. The summed E-state index contributed by atoms with van der Waals surface area (Å²) in [5, 5.41) is 0. The molecule has 4 amide bonds. The largest absolute Gasteiger partial charge is 0.272 e. The third kappa shape index (κ3) is 3.26. The van der Waals surface area contributed by atoms with Crippen molar-refractivity contribution in [2.45, 2.75) is 64.0 Å². The van der Waals surface area contributed by atoms with Crippen LogP contribution in [0.1, 0.15) is 51.9 Å². The molecule has 2 fully saturated rings. The van der Waals surface area contributed by atoms with E-state index in [4.69, 9.17) is 0 Å². The van der Waals surface area contributed by atoms with E-state index in [2.05, 4.69) is 6.92 Å². The lowest BCUT2D eigenvalue weighted by atomic mass is 9.66. The maximum atomic E-state index is 11.9. The summed E-state index contributed by atoms with van der Waals surface area (Å²) in [5.74, 6) is 0.946. The lowest BCUT2D eigenvalue weighted by Gasteiger charge is -2.44. The first-order chi connectivity index (χ1) is 13.0. The maximum Gasteiger partial charge on any atom is 0.253 e. The van der Waals surface area contributed by atoms with Gasteiger partial charge in [-0.25, -0.2) is 0 Å². The van der Waals surface area contributed by atoms with Crippen LogP contribution < -0.4 is 0 Å². The van der Waals surface area contributed by atoms with Crippen LogP contribution in [-0.2, 0) is 19.2 Å². The summed E-state index contributed by atoms with van der Waals surface area (Å²) in [5.41, 5.74) is 0. The van der Waals surface area contributed by atoms with Crippen molar-refractivity contribution in [2.75, 3.05) is 0 Å². The number of carbonyl (C=O) groups is 4. The SMILES string of the molecule is CC1CC(N2C(=O)C=CC2=O)CCC1C1CCC(N2C(=O)C=CC2=O)CC1. The second-order valence-electron chi connectivity index (χ2n) is 8.44. The fourth-order valence-electron chi connectivity index (χ4n) is 5.66. The van der Waals surface area contributed by atoms with Crippen LogP contribution in [0.5, 0.6) is 0 Å². The third-order valence-corrected chi connectivity index (χ3v) is 6.97. The van der Waals surface area contributed by atoms with Gasteiger partial charge in [0.1, 0.15) is 0 Å². The quantitative estimate of drug-likeness (QED) is 0.714. The molecule has 0 spiro atoms. The Morgan fingerprint density at radius 3 is 1.59 bits per heavy atom. The van der Waals surface area contributed by atoms with Gasteiger partial charge < -0.3 is 0 Å². The van der Waals surface area contributed by atoms with Crippen molar-refractivity contribution in [1.82, 2.24) is 9.80 Å². The Morgan fingerprint density at radius 2 is 1.11 bits per heavy atom. The van der Waals surface area contributed by atoms with Gasteiger partial charge in [0.25, 0.3) is 23.6 Å². The molecule has 2 saturated carbocycles. The topological polar surface area (TPSA) is 74.8 Å². The highest BCUT2D eigenvalue weighted by Gasteiger charge is 2.41. The van der Waals surface area contributed by atoms with Crippen LogP contribution in [0.3, 0.4) is 0 Å². The van der Waals surface area contributed by atoms with E-state index in [0.29, 0.717) is 17.8 Å². The fourth-order valence-corrected chi connectivity index (χ4v) is 5.66. The molecule has 27 heavy (non-hydrogen) atoms. The minimum atomic E-state index is -0.176. The first-order valence-corrected chi connectivity index (χ1v) is 10.1. The molecule has 0 bridgehead atoms. The van der Waals surface area contributed by atoms with Gasteiger partial charge >= 0.3 is 0 Å². The molecule has 0 aromatic heterocycles. The van der Waals surface area contributed by atoms with Crippen LogP contribution >= 0.6 is 0 Å². The van der Waals surface area contributed by atoms with Gasteiger partial charge in [-0.3, -0.25) is 29.0 Å². The van der Waals surface area contributed by atoms with Gasteiger partial charge in [0.2, 0.25) is 0 Å². The Bertz CT molecular complexity index is 696. The lowest BCUT2D eigenvalue weighted by molar-refractivity contribution is -0.143. The van der Waals surface area contributed by atoms with E-state index in [0.717, 1.165) is 44.9 Å². The monoisotopic (exact) mass is 370 g/mol. The van der Waals surface area contributed by atoms with Gasteiger partial charge in [-0.2, -0.15) is 0 Å². The average Bonchev–Trinajstić information content (AvgIpc) is 3.16. The predicted octanol–water partition coefficient (Wildman–Crippen LogP) is 2.20. The molecule has 2 heterocycles. The average molecular weight is 370 g/mol. The normalized spacial score (nSPS) is 37.0. The van der Waals surface area contributed by atoms with Crippen molar-refractivity contribution in [2.24, 2.45) is 17.8 Å². The van der Waals surface area contributed by atoms with Crippen LogP contribution in [0.4, 0.5) is 0 Å². The number of hydrogen-bond acceptors (Lipinski definition) is 4. The van der Waals surface area contributed by atoms with Crippen molar-refractivity contribution in [3.63, 3.8) is 0 Å². The summed E-state index contributed by atoms with van der Waals surface area (Å²) in [4.78, 5) is 50.5. The molecule has 0 aromatic carbocycles. The molecule has 2 aliphatic carbocycles. The van der Waals surface area contributed by atoms with E-state index < -0.39 is 0 Å². The molecule has 0 saturated heterocycles. The van der Waals surface area contributed by atoms with Crippen LogP contribution in [0, 0.1) is 17.8 Å². The molecular weight excluding hydrogens is 344 g/mol. The van der Waals surface area contributed by atoms with E-state index in [-0.39, 0.29) is 35.7 Å². The van der Waals surface area contributed by atoms with Crippen LogP contribution in [0.25, 0.3) is 0 Å². The fraction of sp³-hybridized carbons (Fsp3) is 0.619. The van der Waals surface area contributed by atoms with Crippen LogP contribution in [0.2, 0.25) is 0 Å². The smallest absolute Gasteiger partial charge is 0.253 e. The van der Waals surface area contributed by atoms with E-state index in [1.807, 2.05) is 0 Å². The maximum absolute atomic E-state index is 11.9. The molecular formula is C21H26N2O4. The number of hydrogen-bond donors (Lipinski definition) is 0. The van der Waals surface area contributed by atoms with Crippen LogP contribution in [0.15, 0.2) is 24.3 Å². The van der Waals surface area contributed by atoms with Gasteiger partial charge in [0.15, 0.2) is 0 Å². The van der Waals surface area contributed by atoms with Gasteiger partial charge in [0, 0.05) is 36.4 Å². The first kappa shape index (κ1) is 18.1. The van der Waals surface area contributed by atoms with Gasteiger partial charge in [-0.15, -0.1) is 0 Å². The summed E-state index contributed by atoms with van der Waals surface area (Å²) in [6, 6.07) is 0.0577. The Morgan fingerprint density at radius 1 is 0.667 bits per heavy atom. The van der Waals surface area contributed by atoms with Crippen molar-refractivity contribution in [1.29, 1.82) is 0 Å². The summed E-state index contributed by atoms with van der Waals surface area (Å²) >= 11 is 0. The minimum Gasteiger partial charge on any atom is -0.272 e. The number of rotatable bonds is 3. The van der Waals surface area contributed by atoms with Crippen LogP contribution in [-0.4, -0.2) is 45.5 Å². The number of amides is 4. The van der Waals surface area contributed by atoms with Crippen molar-refractivity contribution >= 4 is 23.6 Å². The second-order valence-corrected chi connectivity index (χ2v) is 8.44. The Labute approximate surface area is 159 Å². The summed E-state index contributed by atoms with van der Waals surface area (Å²) < 4.78 is 0. The van der Waals surface area contributed by atoms with E-state index >= 15 is 0 Å². The standard InChI is InChI=1S/C21H26N2O4/c1-13-12-16(23-20(26)10-11-21(23)27)6-7-17(13)14-2-4-15(5-3-14)22-18(24)8-9-19(22)25/h8-11,13-17H,2-7,12H2,1H3.